The number of rotatable bonds is 5. The SMILES string of the molecule is C=C/C(C)=C\N(C=C)Cc1cccc(Cl)c1. The van der Waals surface area contributed by atoms with Crippen LogP contribution in [0.1, 0.15) is 12.5 Å². The second-order valence-corrected chi connectivity index (χ2v) is 4.00. The standard InChI is InChI=1S/C14H16ClN/c1-4-12(3)10-16(5-2)11-13-7-6-8-14(15)9-13/h4-10H,1-2,11H2,3H3/b12-10-. The van der Waals surface area contributed by atoms with Crippen LogP contribution in [0.2, 0.25) is 5.02 Å². The highest BCUT2D eigenvalue weighted by atomic mass is 35.5. The van der Waals surface area contributed by atoms with Crippen LogP contribution < -0.4 is 0 Å². The van der Waals surface area contributed by atoms with Crippen molar-refractivity contribution in [2.24, 2.45) is 0 Å². The van der Waals surface area contributed by atoms with E-state index in [1.807, 2.05) is 48.4 Å². The quantitative estimate of drug-likeness (QED) is 0.683. The van der Waals surface area contributed by atoms with Crippen LogP contribution in [0, 0.1) is 0 Å². The van der Waals surface area contributed by atoms with Crippen molar-refractivity contribution in [1.82, 2.24) is 4.90 Å². The first-order valence-electron chi connectivity index (χ1n) is 5.09. The maximum Gasteiger partial charge on any atom is 0.0470 e. The topological polar surface area (TPSA) is 3.24 Å². The minimum atomic E-state index is 0.755. The molecule has 0 aromatic heterocycles. The summed E-state index contributed by atoms with van der Waals surface area (Å²) in [7, 11) is 0. The van der Waals surface area contributed by atoms with Crippen molar-refractivity contribution in [3.05, 3.63) is 72.1 Å². The summed E-state index contributed by atoms with van der Waals surface area (Å²) in [5.74, 6) is 0. The average Bonchev–Trinajstić information content (AvgIpc) is 2.28. The molecule has 16 heavy (non-hydrogen) atoms. The Morgan fingerprint density at radius 1 is 1.44 bits per heavy atom. The fourth-order valence-electron chi connectivity index (χ4n) is 1.32. The van der Waals surface area contributed by atoms with E-state index in [1.165, 1.54) is 0 Å². The first kappa shape index (κ1) is 12.6. The summed E-state index contributed by atoms with van der Waals surface area (Å²) >= 11 is 5.93. The number of halogens is 1. The Labute approximate surface area is 102 Å². The average molecular weight is 234 g/mol. The molecule has 84 valence electrons. The first-order valence-corrected chi connectivity index (χ1v) is 5.47. The number of hydrogen-bond donors (Lipinski definition) is 0. The number of nitrogens with zero attached hydrogens (tertiary/aromatic N) is 1. The van der Waals surface area contributed by atoms with E-state index in [0.29, 0.717) is 0 Å². The van der Waals surface area contributed by atoms with Gasteiger partial charge in [-0.15, -0.1) is 0 Å². The van der Waals surface area contributed by atoms with Crippen molar-refractivity contribution in [2.75, 3.05) is 0 Å². The van der Waals surface area contributed by atoms with Gasteiger partial charge in [-0.1, -0.05) is 43.0 Å². The van der Waals surface area contributed by atoms with Crippen molar-refractivity contribution in [3.63, 3.8) is 0 Å². The van der Waals surface area contributed by atoms with Crippen LogP contribution in [0.25, 0.3) is 0 Å². The van der Waals surface area contributed by atoms with Gasteiger partial charge in [-0.3, -0.25) is 0 Å². The van der Waals surface area contributed by atoms with Crippen LogP contribution in [-0.2, 0) is 6.54 Å². The molecule has 0 aliphatic heterocycles. The van der Waals surface area contributed by atoms with Gasteiger partial charge < -0.3 is 4.90 Å². The van der Waals surface area contributed by atoms with Crippen molar-refractivity contribution in [2.45, 2.75) is 13.5 Å². The molecule has 0 fully saturated rings. The molecule has 1 aromatic rings. The Hall–Kier alpha value is -1.47. The van der Waals surface area contributed by atoms with Gasteiger partial charge in [-0.25, -0.2) is 0 Å². The van der Waals surface area contributed by atoms with Crippen LogP contribution in [0.15, 0.2) is 61.5 Å². The van der Waals surface area contributed by atoms with Crippen LogP contribution >= 0.6 is 11.6 Å². The molecule has 0 saturated heterocycles. The highest BCUT2D eigenvalue weighted by Gasteiger charge is 1.98. The normalized spacial score (nSPS) is 11.0. The molecule has 2 heteroatoms. The minimum Gasteiger partial charge on any atom is -0.350 e. The van der Waals surface area contributed by atoms with Gasteiger partial charge in [0.25, 0.3) is 0 Å². The molecular formula is C14H16ClN. The van der Waals surface area contributed by atoms with E-state index in [-0.39, 0.29) is 0 Å². The van der Waals surface area contributed by atoms with Crippen LogP contribution in [0.3, 0.4) is 0 Å². The molecule has 1 rings (SSSR count). The minimum absolute atomic E-state index is 0.755. The molecule has 0 radical (unpaired) electrons. The van der Waals surface area contributed by atoms with Crippen molar-refractivity contribution in [3.8, 4) is 0 Å². The monoisotopic (exact) mass is 233 g/mol. The van der Waals surface area contributed by atoms with Gasteiger partial charge in [0.1, 0.15) is 0 Å². The summed E-state index contributed by atoms with van der Waals surface area (Å²) in [5, 5.41) is 0.755. The lowest BCUT2D eigenvalue weighted by Crippen LogP contribution is -2.09. The van der Waals surface area contributed by atoms with Gasteiger partial charge in [-0.05, 0) is 36.4 Å². The van der Waals surface area contributed by atoms with E-state index in [9.17, 15) is 0 Å². The van der Waals surface area contributed by atoms with Gasteiger partial charge in [-0.2, -0.15) is 0 Å². The highest BCUT2D eigenvalue weighted by Crippen LogP contribution is 2.13. The molecule has 0 N–H and O–H groups in total. The third-order valence-corrected chi connectivity index (χ3v) is 2.42. The largest absolute Gasteiger partial charge is 0.350 e. The summed E-state index contributed by atoms with van der Waals surface area (Å²) in [6.45, 7) is 10.3. The Morgan fingerprint density at radius 2 is 2.19 bits per heavy atom. The summed E-state index contributed by atoms with van der Waals surface area (Å²) in [6, 6.07) is 7.81. The van der Waals surface area contributed by atoms with Crippen LogP contribution in [-0.4, -0.2) is 4.90 Å². The predicted molar refractivity (Wildman–Crippen MR) is 71.1 cm³/mol. The number of allylic oxidation sites excluding steroid dienone is 2. The molecule has 0 aliphatic rings. The number of hydrogen-bond acceptors (Lipinski definition) is 1. The summed E-state index contributed by atoms with van der Waals surface area (Å²) < 4.78 is 0. The van der Waals surface area contributed by atoms with Gasteiger partial charge >= 0.3 is 0 Å². The summed E-state index contributed by atoms with van der Waals surface area (Å²) in [5.41, 5.74) is 2.25. The molecule has 0 amide bonds. The maximum absolute atomic E-state index is 5.93. The fraction of sp³-hybridized carbons (Fsp3) is 0.143. The second kappa shape index (κ2) is 6.19. The Morgan fingerprint density at radius 3 is 2.75 bits per heavy atom. The van der Waals surface area contributed by atoms with E-state index in [0.717, 1.165) is 22.7 Å². The molecule has 0 bridgehead atoms. The van der Waals surface area contributed by atoms with E-state index in [4.69, 9.17) is 11.6 Å². The Balaban J connectivity index is 2.78. The number of benzene rings is 1. The zero-order valence-corrected chi connectivity index (χ0v) is 10.2. The fourth-order valence-corrected chi connectivity index (χ4v) is 1.54. The van der Waals surface area contributed by atoms with Gasteiger partial charge in [0.15, 0.2) is 0 Å². The maximum atomic E-state index is 5.93. The third-order valence-electron chi connectivity index (χ3n) is 2.18. The lowest BCUT2D eigenvalue weighted by atomic mass is 10.2. The molecule has 1 nitrogen and oxygen atoms in total. The Kier molecular flexibility index (Phi) is 4.87. The highest BCUT2D eigenvalue weighted by molar-refractivity contribution is 6.30. The molecule has 0 heterocycles. The van der Waals surface area contributed by atoms with E-state index >= 15 is 0 Å². The molecule has 0 spiro atoms. The molecule has 0 atom stereocenters. The smallest absolute Gasteiger partial charge is 0.0470 e. The van der Waals surface area contributed by atoms with Crippen molar-refractivity contribution < 1.29 is 0 Å². The molecule has 0 saturated carbocycles. The predicted octanol–water partition coefficient (Wildman–Crippen LogP) is 4.38. The van der Waals surface area contributed by atoms with Gasteiger partial charge in [0.2, 0.25) is 0 Å². The van der Waals surface area contributed by atoms with Crippen molar-refractivity contribution in [1.29, 1.82) is 0 Å². The lowest BCUT2D eigenvalue weighted by Gasteiger charge is -2.16. The van der Waals surface area contributed by atoms with Crippen LogP contribution in [0.4, 0.5) is 0 Å². The molecular weight excluding hydrogens is 218 g/mol. The Bertz CT molecular complexity index is 407. The molecule has 1 aromatic carbocycles. The second-order valence-electron chi connectivity index (χ2n) is 3.56. The van der Waals surface area contributed by atoms with E-state index in [2.05, 4.69) is 13.2 Å². The molecule has 0 aliphatic carbocycles. The molecule has 0 unspecified atom stereocenters. The van der Waals surface area contributed by atoms with Gasteiger partial charge in [0, 0.05) is 17.8 Å². The van der Waals surface area contributed by atoms with E-state index in [1.54, 1.807) is 6.20 Å². The van der Waals surface area contributed by atoms with Crippen molar-refractivity contribution >= 4 is 11.6 Å². The van der Waals surface area contributed by atoms with Crippen LogP contribution in [0.5, 0.6) is 0 Å². The zero-order valence-electron chi connectivity index (χ0n) is 9.49. The summed E-state index contributed by atoms with van der Waals surface area (Å²) in [4.78, 5) is 2.00. The lowest BCUT2D eigenvalue weighted by molar-refractivity contribution is 0.500. The zero-order chi connectivity index (χ0) is 12.0. The summed E-state index contributed by atoms with van der Waals surface area (Å²) in [6.07, 6.45) is 5.60. The first-order chi connectivity index (χ1) is 7.65. The van der Waals surface area contributed by atoms with E-state index < -0.39 is 0 Å². The van der Waals surface area contributed by atoms with Gasteiger partial charge in [0.05, 0.1) is 0 Å². The third kappa shape index (κ3) is 3.95.